The molecule has 0 aliphatic carbocycles. The summed E-state index contributed by atoms with van der Waals surface area (Å²) < 4.78 is 5.02. The molecule has 7 nitrogen and oxygen atoms in total. The lowest BCUT2D eigenvalue weighted by molar-refractivity contribution is -0.142. The van der Waals surface area contributed by atoms with E-state index < -0.39 is 30.1 Å². The highest BCUT2D eigenvalue weighted by molar-refractivity contribution is 5.88. The number of alkyl carbamates (subject to hydrolysis) is 1. The maximum atomic E-state index is 12.0. The summed E-state index contributed by atoms with van der Waals surface area (Å²) in [5.41, 5.74) is 0.829. The number of hydrogen-bond acceptors (Lipinski definition) is 4. The first kappa shape index (κ1) is 19.5. The SMILES string of the molecule is CCCC[C@@H](NC(=O)[C@@H](C)NC(=O)OCc1ccccc1)C(=O)O. The van der Waals surface area contributed by atoms with E-state index in [-0.39, 0.29) is 6.61 Å². The minimum Gasteiger partial charge on any atom is -0.480 e. The quantitative estimate of drug-likeness (QED) is 0.640. The van der Waals surface area contributed by atoms with Crippen LogP contribution >= 0.6 is 0 Å². The molecular weight excluding hydrogens is 312 g/mol. The van der Waals surface area contributed by atoms with Gasteiger partial charge < -0.3 is 20.5 Å². The van der Waals surface area contributed by atoms with Crippen molar-refractivity contribution in [2.24, 2.45) is 0 Å². The van der Waals surface area contributed by atoms with Gasteiger partial charge in [-0.2, -0.15) is 0 Å². The van der Waals surface area contributed by atoms with Crippen molar-refractivity contribution in [2.45, 2.75) is 51.8 Å². The Morgan fingerprint density at radius 2 is 1.83 bits per heavy atom. The molecule has 132 valence electrons. The summed E-state index contributed by atoms with van der Waals surface area (Å²) in [4.78, 5) is 34.8. The van der Waals surface area contributed by atoms with Gasteiger partial charge in [-0.3, -0.25) is 4.79 Å². The Labute approximate surface area is 141 Å². The largest absolute Gasteiger partial charge is 0.480 e. The molecule has 0 saturated heterocycles. The molecule has 0 fully saturated rings. The van der Waals surface area contributed by atoms with Crippen LogP contribution in [0.25, 0.3) is 0 Å². The van der Waals surface area contributed by atoms with E-state index in [0.717, 1.165) is 12.0 Å². The third-order valence-electron chi connectivity index (χ3n) is 3.40. The summed E-state index contributed by atoms with van der Waals surface area (Å²) >= 11 is 0. The van der Waals surface area contributed by atoms with Crippen LogP contribution in [0.2, 0.25) is 0 Å². The summed E-state index contributed by atoms with van der Waals surface area (Å²) in [6, 6.07) is 7.29. The summed E-state index contributed by atoms with van der Waals surface area (Å²) in [6.45, 7) is 3.50. The van der Waals surface area contributed by atoms with E-state index in [1.165, 1.54) is 6.92 Å². The third-order valence-corrected chi connectivity index (χ3v) is 3.40. The maximum absolute atomic E-state index is 12.0. The number of ether oxygens (including phenoxy) is 1. The van der Waals surface area contributed by atoms with Gasteiger partial charge in [-0.25, -0.2) is 9.59 Å². The van der Waals surface area contributed by atoms with Crippen LogP contribution in [0.5, 0.6) is 0 Å². The van der Waals surface area contributed by atoms with E-state index in [0.29, 0.717) is 12.8 Å². The summed E-state index contributed by atoms with van der Waals surface area (Å²) in [5.74, 6) is -1.65. The highest BCUT2D eigenvalue weighted by atomic mass is 16.5. The number of carbonyl (C=O) groups excluding carboxylic acids is 2. The molecule has 1 aromatic rings. The van der Waals surface area contributed by atoms with Crippen LogP contribution in [0.4, 0.5) is 4.79 Å². The fourth-order valence-corrected chi connectivity index (χ4v) is 1.97. The number of amides is 2. The fourth-order valence-electron chi connectivity index (χ4n) is 1.97. The number of carboxylic acids is 1. The molecule has 24 heavy (non-hydrogen) atoms. The van der Waals surface area contributed by atoms with Crippen molar-refractivity contribution in [2.75, 3.05) is 0 Å². The molecule has 0 aliphatic rings. The van der Waals surface area contributed by atoms with Crippen molar-refractivity contribution in [3.8, 4) is 0 Å². The number of carbonyl (C=O) groups is 3. The summed E-state index contributed by atoms with van der Waals surface area (Å²) in [7, 11) is 0. The lowest BCUT2D eigenvalue weighted by Gasteiger charge is -2.18. The van der Waals surface area contributed by atoms with E-state index in [9.17, 15) is 14.4 Å². The molecule has 7 heteroatoms. The highest BCUT2D eigenvalue weighted by Crippen LogP contribution is 2.03. The normalized spacial score (nSPS) is 12.8. The topological polar surface area (TPSA) is 105 Å². The van der Waals surface area contributed by atoms with Crippen molar-refractivity contribution in [1.82, 2.24) is 10.6 Å². The molecule has 0 aromatic heterocycles. The van der Waals surface area contributed by atoms with Crippen LogP contribution < -0.4 is 10.6 Å². The zero-order valence-electron chi connectivity index (χ0n) is 14.0. The van der Waals surface area contributed by atoms with E-state index in [4.69, 9.17) is 9.84 Å². The Kier molecular flexibility index (Phi) is 8.32. The third kappa shape index (κ3) is 7.13. The highest BCUT2D eigenvalue weighted by Gasteiger charge is 2.23. The van der Waals surface area contributed by atoms with Crippen molar-refractivity contribution in [3.05, 3.63) is 35.9 Å². The standard InChI is InChI=1S/C17H24N2O5/c1-3-4-10-14(16(21)22)19-15(20)12(2)18-17(23)24-11-13-8-6-5-7-9-13/h5-9,12,14H,3-4,10-11H2,1-2H3,(H,18,23)(H,19,20)(H,21,22)/t12-,14-/m1/s1. The molecule has 0 radical (unpaired) electrons. The number of rotatable bonds is 9. The predicted molar refractivity (Wildman–Crippen MR) is 88.3 cm³/mol. The minimum absolute atomic E-state index is 0.0925. The van der Waals surface area contributed by atoms with Gasteiger partial charge in [-0.1, -0.05) is 50.1 Å². The van der Waals surface area contributed by atoms with Crippen molar-refractivity contribution in [3.63, 3.8) is 0 Å². The van der Waals surface area contributed by atoms with Crippen LogP contribution in [0.1, 0.15) is 38.7 Å². The van der Waals surface area contributed by atoms with Gasteiger partial charge in [-0.15, -0.1) is 0 Å². The lowest BCUT2D eigenvalue weighted by Crippen LogP contribution is -2.50. The van der Waals surface area contributed by atoms with Crippen LogP contribution in [0.15, 0.2) is 30.3 Å². The van der Waals surface area contributed by atoms with E-state index in [1.807, 2.05) is 37.3 Å². The molecule has 0 bridgehead atoms. The first-order valence-corrected chi connectivity index (χ1v) is 7.94. The second kappa shape index (κ2) is 10.3. The lowest BCUT2D eigenvalue weighted by atomic mass is 10.1. The molecular formula is C17H24N2O5. The van der Waals surface area contributed by atoms with E-state index in [1.54, 1.807) is 0 Å². The number of benzene rings is 1. The zero-order chi connectivity index (χ0) is 17.9. The van der Waals surface area contributed by atoms with Gasteiger partial charge in [0.25, 0.3) is 0 Å². The molecule has 0 saturated carbocycles. The van der Waals surface area contributed by atoms with Crippen molar-refractivity contribution < 1.29 is 24.2 Å². The molecule has 2 amide bonds. The van der Waals surface area contributed by atoms with Gasteiger partial charge in [0.05, 0.1) is 0 Å². The molecule has 1 aromatic carbocycles. The number of aliphatic carboxylic acids is 1. The number of carboxylic acid groups (broad SMARTS) is 1. The Hall–Kier alpha value is -2.57. The Balaban J connectivity index is 2.41. The van der Waals surface area contributed by atoms with E-state index in [2.05, 4.69) is 10.6 Å². The van der Waals surface area contributed by atoms with E-state index >= 15 is 0 Å². The Bertz CT molecular complexity index is 547. The molecule has 0 unspecified atom stereocenters. The van der Waals surface area contributed by atoms with Crippen molar-refractivity contribution >= 4 is 18.0 Å². The van der Waals surface area contributed by atoms with Crippen molar-refractivity contribution in [1.29, 1.82) is 0 Å². The smallest absolute Gasteiger partial charge is 0.408 e. The predicted octanol–water partition coefficient (Wildman–Crippen LogP) is 2.06. The Morgan fingerprint density at radius 1 is 1.17 bits per heavy atom. The summed E-state index contributed by atoms with van der Waals surface area (Å²) in [5, 5.41) is 13.9. The van der Waals surface area contributed by atoms with Gasteiger partial charge in [0.1, 0.15) is 18.7 Å². The second-order valence-electron chi connectivity index (χ2n) is 5.47. The molecule has 1 rings (SSSR count). The van der Waals surface area contributed by atoms with Crippen LogP contribution in [0.3, 0.4) is 0 Å². The summed E-state index contributed by atoms with van der Waals surface area (Å²) in [6.07, 6.45) is 1.14. The Morgan fingerprint density at radius 3 is 2.42 bits per heavy atom. The average Bonchev–Trinajstić information content (AvgIpc) is 2.57. The number of unbranched alkanes of at least 4 members (excludes halogenated alkanes) is 1. The van der Waals surface area contributed by atoms with Crippen LogP contribution in [0, 0.1) is 0 Å². The first-order valence-electron chi connectivity index (χ1n) is 7.94. The zero-order valence-corrected chi connectivity index (χ0v) is 14.0. The van der Waals surface area contributed by atoms with Gasteiger partial charge in [0.15, 0.2) is 0 Å². The second-order valence-corrected chi connectivity index (χ2v) is 5.47. The van der Waals surface area contributed by atoms with Gasteiger partial charge >= 0.3 is 12.1 Å². The minimum atomic E-state index is -1.09. The maximum Gasteiger partial charge on any atom is 0.408 e. The van der Waals surface area contributed by atoms with Gasteiger partial charge in [0, 0.05) is 0 Å². The van der Waals surface area contributed by atoms with Crippen LogP contribution in [-0.4, -0.2) is 35.2 Å². The van der Waals surface area contributed by atoms with Gasteiger partial charge in [-0.05, 0) is 18.9 Å². The first-order chi connectivity index (χ1) is 11.4. The fraction of sp³-hybridized carbons (Fsp3) is 0.471. The molecule has 3 N–H and O–H groups in total. The number of nitrogens with one attached hydrogen (secondary N) is 2. The average molecular weight is 336 g/mol. The molecule has 0 aliphatic heterocycles. The molecule has 2 atom stereocenters. The number of hydrogen-bond donors (Lipinski definition) is 3. The molecule has 0 heterocycles. The van der Waals surface area contributed by atoms with Gasteiger partial charge in [0.2, 0.25) is 5.91 Å². The monoisotopic (exact) mass is 336 g/mol. The molecule has 0 spiro atoms. The van der Waals surface area contributed by atoms with Crippen LogP contribution in [-0.2, 0) is 20.9 Å².